The van der Waals surface area contributed by atoms with Crippen LogP contribution >= 0.6 is 0 Å². The van der Waals surface area contributed by atoms with E-state index in [1.54, 1.807) is 54.6 Å². The largest absolute Gasteiger partial charge is 0.312 e. The van der Waals surface area contributed by atoms with Crippen LogP contribution in [-0.4, -0.2) is 48.3 Å². The minimum absolute atomic E-state index is 0.0915. The van der Waals surface area contributed by atoms with Crippen LogP contribution in [0.15, 0.2) is 87.6 Å². The maximum atomic E-state index is 12.8. The molecule has 3 aromatic rings. The van der Waals surface area contributed by atoms with Gasteiger partial charge in [-0.05, 0) is 48.0 Å². The van der Waals surface area contributed by atoms with Crippen LogP contribution in [0.4, 0.5) is 11.4 Å². The maximum Gasteiger partial charge on any atom is 0.206 e. The summed E-state index contributed by atoms with van der Waals surface area (Å²) in [5.74, 6) is 0.0915. The lowest BCUT2D eigenvalue weighted by Gasteiger charge is -2.29. The van der Waals surface area contributed by atoms with E-state index in [4.69, 9.17) is 0 Å². The Bertz CT molecular complexity index is 1390. The van der Waals surface area contributed by atoms with Gasteiger partial charge in [0.05, 0.1) is 26.9 Å². The van der Waals surface area contributed by atoms with Gasteiger partial charge in [0.25, 0.3) is 0 Å². The van der Waals surface area contributed by atoms with E-state index in [2.05, 4.69) is 15.7 Å². The van der Waals surface area contributed by atoms with E-state index < -0.39 is 19.7 Å². The van der Waals surface area contributed by atoms with E-state index >= 15 is 0 Å². The molecule has 3 aromatic carbocycles. The number of fused-ring (bicyclic) bond motifs is 1. The predicted molar refractivity (Wildman–Crippen MR) is 135 cm³/mol. The summed E-state index contributed by atoms with van der Waals surface area (Å²) in [5, 5.41) is 5.04. The molecule has 0 radical (unpaired) electrons. The van der Waals surface area contributed by atoms with Crippen LogP contribution in [-0.2, 0) is 26.2 Å². The topological polar surface area (TPSA) is 108 Å². The number of hydrogen-bond donors (Lipinski definition) is 2. The molecule has 1 aliphatic rings. The molecule has 0 fully saturated rings. The standard InChI is InChI=1S/C24H26N4O4S2/c1-33(29,30)14-13-25-16-19-7-8-20-17-26-18-28(24(20)15-19)27-21-9-11-23(12-10-21)34(31,32)22-5-3-2-4-6-22/h2-12,15,17,25,27H,13-14,16,18H2,1H3. The Morgan fingerprint density at radius 1 is 0.912 bits per heavy atom. The first-order valence-corrected chi connectivity index (χ1v) is 14.2. The van der Waals surface area contributed by atoms with Crippen molar-refractivity contribution in [2.45, 2.75) is 16.3 Å². The fourth-order valence-electron chi connectivity index (χ4n) is 3.53. The van der Waals surface area contributed by atoms with E-state index in [9.17, 15) is 16.8 Å². The molecule has 0 spiro atoms. The number of hydrogen-bond acceptors (Lipinski definition) is 8. The Labute approximate surface area is 200 Å². The zero-order valence-electron chi connectivity index (χ0n) is 18.7. The molecule has 178 valence electrons. The predicted octanol–water partition coefficient (Wildman–Crippen LogP) is 2.88. The zero-order chi connectivity index (χ0) is 24.2. The lowest BCUT2D eigenvalue weighted by Crippen LogP contribution is -2.33. The highest BCUT2D eigenvalue weighted by Crippen LogP contribution is 2.26. The Kier molecular flexibility index (Phi) is 7.01. The van der Waals surface area contributed by atoms with E-state index in [0.29, 0.717) is 19.8 Å². The number of nitrogens with zero attached hydrogens (tertiary/aromatic N) is 2. The molecule has 0 atom stereocenters. The minimum Gasteiger partial charge on any atom is -0.312 e. The molecule has 8 nitrogen and oxygen atoms in total. The summed E-state index contributed by atoms with van der Waals surface area (Å²) in [6.45, 7) is 1.32. The van der Waals surface area contributed by atoms with Gasteiger partial charge in [0, 0.05) is 31.1 Å². The van der Waals surface area contributed by atoms with Crippen molar-refractivity contribution in [1.29, 1.82) is 0 Å². The number of sulfone groups is 2. The zero-order valence-corrected chi connectivity index (χ0v) is 20.3. The number of aliphatic imine (C=N–C) groups is 1. The van der Waals surface area contributed by atoms with Crippen molar-refractivity contribution in [2.75, 3.05) is 35.7 Å². The summed E-state index contributed by atoms with van der Waals surface area (Å²) in [4.78, 5) is 4.87. The maximum absolute atomic E-state index is 12.8. The molecule has 0 aliphatic carbocycles. The van der Waals surface area contributed by atoms with Gasteiger partial charge in [-0.25, -0.2) is 16.8 Å². The molecule has 0 aromatic heterocycles. The lowest BCUT2D eigenvalue weighted by atomic mass is 10.1. The second-order valence-electron chi connectivity index (χ2n) is 8.03. The smallest absolute Gasteiger partial charge is 0.206 e. The number of benzene rings is 3. The Morgan fingerprint density at radius 2 is 1.62 bits per heavy atom. The molecule has 0 amide bonds. The number of nitrogens with one attached hydrogen (secondary N) is 2. The Hall–Kier alpha value is -3.21. The van der Waals surface area contributed by atoms with Crippen LogP contribution in [0.3, 0.4) is 0 Å². The Balaban J connectivity index is 1.46. The molecule has 0 unspecified atom stereocenters. The average molecular weight is 499 g/mol. The SMILES string of the molecule is CS(=O)(=O)CCNCc1ccc2c(c1)N(Nc1ccc(S(=O)(=O)c3ccccc3)cc1)CN=C2. The third kappa shape index (κ3) is 5.82. The van der Waals surface area contributed by atoms with Crippen LogP contribution < -0.4 is 15.8 Å². The molecule has 2 N–H and O–H groups in total. The minimum atomic E-state index is -3.57. The highest BCUT2D eigenvalue weighted by Gasteiger charge is 2.18. The van der Waals surface area contributed by atoms with Crippen molar-refractivity contribution < 1.29 is 16.8 Å². The van der Waals surface area contributed by atoms with Crippen molar-refractivity contribution in [1.82, 2.24) is 5.32 Å². The first-order chi connectivity index (χ1) is 16.2. The molecule has 10 heteroatoms. The monoisotopic (exact) mass is 498 g/mol. The van der Waals surface area contributed by atoms with E-state index in [0.717, 1.165) is 22.5 Å². The van der Waals surface area contributed by atoms with Crippen LogP contribution in [0.2, 0.25) is 0 Å². The van der Waals surface area contributed by atoms with Crippen LogP contribution in [0.5, 0.6) is 0 Å². The average Bonchev–Trinajstić information content (AvgIpc) is 2.82. The Morgan fingerprint density at radius 3 is 2.32 bits per heavy atom. The number of anilines is 2. The number of rotatable bonds is 9. The molecular weight excluding hydrogens is 472 g/mol. The van der Waals surface area contributed by atoms with Gasteiger partial charge in [-0.15, -0.1) is 0 Å². The molecule has 34 heavy (non-hydrogen) atoms. The van der Waals surface area contributed by atoms with Crippen molar-refractivity contribution in [3.05, 3.63) is 83.9 Å². The van der Waals surface area contributed by atoms with Gasteiger partial charge in [0.2, 0.25) is 9.84 Å². The van der Waals surface area contributed by atoms with Gasteiger partial charge in [-0.1, -0.05) is 30.3 Å². The summed E-state index contributed by atoms with van der Waals surface area (Å²) in [6.07, 6.45) is 3.03. The van der Waals surface area contributed by atoms with Crippen molar-refractivity contribution >= 4 is 37.3 Å². The summed E-state index contributed by atoms with van der Waals surface area (Å²) < 4.78 is 48.2. The van der Waals surface area contributed by atoms with E-state index in [-0.39, 0.29) is 15.5 Å². The normalized spacial score (nSPS) is 13.5. The summed E-state index contributed by atoms with van der Waals surface area (Å²) in [6, 6.07) is 20.9. The quantitative estimate of drug-likeness (QED) is 0.437. The second kappa shape index (κ2) is 9.96. The van der Waals surface area contributed by atoms with Gasteiger partial charge in [-0.3, -0.25) is 15.4 Å². The van der Waals surface area contributed by atoms with Crippen molar-refractivity contribution in [3.63, 3.8) is 0 Å². The van der Waals surface area contributed by atoms with Gasteiger partial charge in [0.1, 0.15) is 16.5 Å². The third-order valence-corrected chi connectivity index (χ3v) is 8.03. The molecule has 0 saturated carbocycles. The first-order valence-electron chi connectivity index (χ1n) is 10.7. The summed E-state index contributed by atoms with van der Waals surface area (Å²) >= 11 is 0. The van der Waals surface area contributed by atoms with Gasteiger partial charge in [-0.2, -0.15) is 0 Å². The molecule has 0 saturated heterocycles. The first kappa shape index (κ1) is 23.9. The van der Waals surface area contributed by atoms with Crippen molar-refractivity contribution in [3.8, 4) is 0 Å². The molecule has 0 bridgehead atoms. The fraction of sp³-hybridized carbons (Fsp3) is 0.208. The van der Waals surface area contributed by atoms with E-state index in [1.807, 2.05) is 29.4 Å². The highest BCUT2D eigenvalue weighted by atomic mass is 32.2. The highest BCUT2D eigenvalue weighted by molar-refractivity contribution is 7.91. The lowest BCUT2D eigenvalue weighted by molar-refractivity contribution is 0.594. The van der Waals surface area contributed by atoms with Gasteiger partial charge < -0.3 is 5.32 Å². The van der Waals surface area contributed by atoms with E-state index in [1.165, 1.54) is 6.26 Å². The molecular formula is C24H26N4O4S2. The van der Waals surface area contributed by atoms with Gasteiger partial charge >= 0.3 is 0 Å². The summed E-state index contributed by atoms with van der Waals surface area (Å²) in [7, 11) is -6.57. The third-order valence-electron chi connectivity index (χ3n) is 5.30. The van der Waals surface area contributed by atoms with Crippen LogP contribution in [0.1, 0.15) is 11.1 Å². The van der Waals surface area contributed by atoms with Gasteiger partial charge in [0.15, 0.2) is 0 Å². The number of hydrazine groups is 1. The van der Waals surface area contributed by atoms with Crippen LogP contribution in [0.25, 0.3) is 0 Å². The second-order valence-corrected chi connectivity index (χ2v) is 12.2. The summed E-state index contributed by atoms with van der Waals surface area (Å²) in [5.41, 5.74) is 6.91. The molecule has 1 heterocycles. The molecule has 4 rings (SSSR count). The van der Waals surface area contributed by atoms with Crippen LogP contribution in [0, 0.1) is 0 Å². The fourth-order valence-corrected chi connectivity index (χ4v) is 5.32. The van der Waals surface area contributed by atoms with Crippen molar-refractivity contribution in [2.24, 2.45) is 4.99 Å². The molecule has 1 aliphatic heterocycles.